The molecule has 2 aliphatic rings. The lowest BCUT2D eigenvalue weighted by atomic mass is 9.74. The van der Waals surface area contributed by atoms with E-state index in [-0.39, 0.29) is 0 Å². The highest BCUT2D eigenvalue weighted by Gasteiger charge is 2.54. The number of aromatic nitrogens is 1. The van der Waals surface area contributed by atoms with Crippen LogP contribution in [0.25, 0.3) is 0 Å². The fraction of sp³-hybridized carbons (Fsp3) is 0.667. The molecule has 2 atom stereocenters. The fourth-order valence-electron chi connectivity index (χ4n) is 3.44. The topological polar surface area (TPSA) is 28.2 Å². The van der Waals surface area contributed by atoms with Crippen molar-refractivity contribution in [2.75, 3.05) is 13.1 Å². The van der Waals surface area contributed by atoms with Gasteiger partial charge in [-0.1, -0.05) is 26.8 Å². The van der Waals surface area contributed by atoms with Gasteiger partial charge < -0.3 is 5.32 Å². The first-order valence-corrected chi connectivity index (χ1v) is 7.78. The number of nitrogens with zero attached hydrogens (tertiary/aromatic N) is 2. The van der Waals surface area contributed by atoms with E-state index in [9.17, 15) is 0 Å². The second kappa shape index (κ2) is 4.54. The minimum absolute atomic E-state index is 0.292. The van der Waals surface area contributed by atoms with Gasteiger partial charge in [-0.25, -0.2) is 4.98 Å². The summed E-state index contributed by atoms with van der Waals surface area (Å²) in [5, 5.41) is 3.77. The summed E-state index contributed by atoms with van der Waals surface area (Å²) in [6.07, 6.45) is 3.26. The van der Waals surface area contributed by atoms with Crippen LogP contribution in [0.2, 0.25) is 0 Å². The number of likely N-dealkylation sites (tertiary alicyclic amines) is 1. The second-order valence-electron chi connectivity index (χ2n) is 6.97. The second-order valence-corrected chi connectivity index (χ2v) is 7.78. The van der Waals surface area contributed by atoms with Crippen LogP contribution in [0.3, 0.4) is 0 Å². The molecule has 0 unspecified atom stereocenters. The van der Waals surface area contributed by atoms with Crippen molar-refractivity contribution in [3.8, 4) is 0 Å². The summed E-state index contributed by atoms with van der Waals surface area (Å²) >= 11 is 3.39. The molecule has 0 aliphatic carbocycles. The van der Waals surface area contributed by atoms with Crippen molar-refractivity contribution in [1.82, 2.24) is 15.2 Å². The van der Waals surface area contributed by atoms with Crippen LogP contribution in [0.4, 0.5) is 0 Å². The third-order valence-electron chi connectivity index (χ3n) is 4.86. The molecule has 104 valence electrons. The largest absolute Gasteiger partial charge is 0.308 e. The van der Waals surface area contributed by atoms with Crippen LogP contribution in [0.1, 0.15) is 32.8 Å². The van der Waals surface area contributed by atoms with Gasteiger partial charge >= 0.3 is 0 Å². The summed E-state index contributed by atoms with van der Waals surface area (Å²) in [7, 11) is 0. The Hall–Kier alpha value is -0.450. The van der Waals surface area contributed by atoms with Gasteiger partial charge in [0.15, 0.2) is 0 Å². The summed E-state index contributed by atoms with van der Waals surface area (Å²) in [5.74, 6) is 0. The van der Waals surface area contributed by atoms with Gasteiger partial charge in [-0.2, -0.15) is 0 Å². The molecule has 0 saturated carbocycles. The average Bonchev–Trinajstić information content (AvgIpc) is 2.90. The third kappa shape index (κ3) is 2.34. The van der Waals surface area contributed by atoms with Gasteiger partial charge in [-0.15, -0.1) is 0 Å². The van der Waals surface area contributed by atoms with Crippen LogP contribution in [-0.2, 0) is 6.54 Å². The Bertz CT molecular complexity index is 465. The summed E-state index contributed by atoms with van der Waals surface area (Å²) in [6, 6.07) is 4.88. The van der Waals surface area contributed by atoms with E-state index < -0.39 is 0 Å². The first-order chi connectivity index (χ1) is 8.90. The fourth-order valence-corrected chi connectivity index (χ4v) is 3.68. The number of halogens is 1. The Kier molecular flexibility index (Phi) is 3.23. The molecule has 2 aliphatic heterocycles. The molecular formula is C15H22BrN3. The van der Waals surface area contributed by atoms with E-state index in [1.165, 1.54) is 12.0 Å². The van der Waals surface area contributed by atoms with E-state index in [0.717, 1.165) is 24.2 Å². The number of hydrogen-bond acceptors (Lipinski definition) is 3. The van der Waals surface area contributed by atoms with Crippen molar-refractivity contribution in [2.24, 2.45) is 5.41 Å². The zero-order valence-corrected chi connectivity index (χ0v) is 13.5. The van der Waals surface area contributed by atoms with Gasteiger partial charge in [0, 0.05) is 37.4 Å². The third-order valence-corrected chi connectivity index (χ3v) is 5.33. The molecule has 19 heavy (non-hydrogen) atoms. The smallest absolute Gasteiger partial charge is 0.106 e. The lowest BCUT2D eigenvalue weighted by Crippen LogP contribution is -2.57. The van der Waals surface area contributed by atoms with Crippen molar-refractivity contribution in [3.05, 3.63) is 28.5 Å². The quantitative estimate of drug-likeness (QED) is 0.848. The molecule has 3 heterocycles. The molecule has 2 saturated heterocycles. The summed E-state index contributed by atoms with van der Waals surface area (Å²) < 4.78 is 0.909. The van der Waals surface area contributed by atoms with Crippen LogP contribution in [0.5, 0.6) is 0 Å². The zero-order valence-electron chi connectivity index (χ0n) is 11.9. The molecule has 2 fully saturated rings. The van der Waals surface area contributed by atoms with Crippen molar-refractivity contribution >= 4 is 15.9 Å². The molecule has 0 aromatic carbocycles. The Morgan fingerprint density at radius 2 is 2.26 bits per heavy atom. The highest BCUT2D eigenvalue weighted by Crippen LogP contribution is 2.44. The van der Waals surface area contributed by atoms with Gasteiger partial charge in [-0.05, 0) is 39.4 Å². The Morgan fingerprint density at radius 1 is 1.47 bits per heavy atom. The van der Waals surface area contributed by atoms with E-state index in [1.54, 1.807) is 0 Å². The minimum Gasteiger partial charge on any atom is -0.308 e. The molecule has 0 spiro atoms. The molecule has 4 heteroatoms. The van der Waals surface area contributed by atoms with Crippen molar-refractivity contribution in [1.29, 1.82) is 0 Å². The molecule has 2 bridgehead atoms. The van der Waals surface area contributed by atoms with E-state index >= 15 is 0 Å². The van der Waals surface area contributed by atoms with E-state index in [0.29, 0.717) is 17.0 Å². The average molecular weight is 324 g/mol. The molecule has 3 nitrogen and oxygen atoms in total. The molecule has 3 rings (SSSR count). The van der Waals surface area contributed by atoms with Crippen LogP contribution in [0.15, 0.2) is 22.9 Å². The number of hydrogen-bond donors (Lipinski definition) is 1. The normalized spacial score (nSPS) is 31.1. The maximum atomic E-state index is 4.32. The summed E-state index contributed by atoms with van der Waals surface area (Å²) in [4.78, 5) is 6.94. The maximum Gasteiger partial charge on any atom is 0.106 e. The molecule has 1 N–H and O–H groups in total. The standard InChI is InChI=1S/C15H22BrN3/c1-14(2,3)15-6-12(8-18-15)19(10-15)9-11-4-5-13(16)17-7-11/h4-5,7,12,18H,6,8-10H2,1-3H3/t12-,15+/m0/s1. The van der Waals surface area contributed by atoms with Crippen molar-refractivity contribution in [2.45, 2.75) is 45.3 Å². The Balaban J connectivity index is 1.74. The van der Waals surface area contributed by atoms with Crippen LogP contribution in [-0.4, -0.2) is 34.6 Å². The molecular weight excluding hydrogens is 302 g/mol. The predicted molar refractivity (Wildman–Crippen MR) is 80.9 cm³/mol. The monoisotopic (exact) mass is 323 g/mol. The predicted octanol–water partition coefficient (Wildman–Crippen LogP) is 2.81. The zero-order chi connectivity index (χ0) is 13.7. The van der Waals surface area contributed by atoms with E-state index in [4.69, 9.17) is 0 Å². The van der Waals surface area contributed by atoms with Gasteiger partial charge in [0.05, 0.1) is 0 Å². The SMILES string of the molecule is CC(C)(C)[C@]12C[C@@H](CN1)N(Cc1ccc(Br)nc1)C2. The first kappa shape index (κ1) is 13.5. The van der Waals surface area contributed by atoms with Gasteiger partial charge in [0.1, 0.15) is 4.60 Å². The maximum absolute atomic E-state index is 4.32. The van der Waals surface area contributed by atoms with Gasteiger partial charge in [-0.3, -0.25) is 4.90 Å². The molecule has 1 aromatic heterocycles. The number of fused-ring (bicyclic) bond motifs is 2. The molecule has 0 amide bonds. The lowest BCUT2D eigenvalue weighted by molar-refractivity contribution is 0.116. The van der Waals surface area contributed by atoms with E-state index in [1.807, 2.05) is 12.3 Å². The number of nitrogens with one attached hydrogen (secondary N) is 1. The Morgan fingerprint density at radius 3 is 2.84 bits per heavy atom. The number of piperazine rings is 1. The highest BCUT2D eigenvalue weighted by molar-refractivity contribution is 9.10. The van der Waals surface area contributed by atoms with Crippen LogP contribution in [0, 0.1) is 5.41 Å². The van der Waals surface area contributed by atoms with Crippen LogP contribution < -0.4 is 5.32 Å². The van der Waals surface area contributed by atoms with Gasteiger partial charge in [0.2, 0.25) is 0 Å². The van der Waals surface area contributed by atoms with Crippen molar-refractivity contribution < 1.29 is 0 Å². The van der Waals surface area contributed by atoms with E-state index in [2.05, 4.69) is 58.0 Å². The number of pyridine rings is 1. The number of rotatable bonds is 2. The molecule has 0 radical (unpaired) electrons. The lowest BCUT2D eigenvalue weighted by Gasteiger charge is -2.43. The van der Waals surface area contributed by atoms with Crippen LogP contribution >= 0.6 is 15.9 Å². The molecule has 1 aromatic rings. The highest BCUT2D eigenvalue weighted by atomic mass is 79.9. The first-order valence-electron chi connectivity index (χ1n) is 6.99. The minimum atomic E-state index is 0.292. The summed E-state index contributed by atoms with van der Waals surface area (Å²) in [6.45, 7) is 10.4. The summed E-state index contributed by atoms with van der Waals surface area (Å²) in [5.41, 5.74) is 1.91. The van der Waals surface area contributed by atoms with Crippen molar-refractivity contribution in [3.63, 3.8) is 0 Å². The van der Waals surface area contributed by atoms with Gasteiger partial charge in [0.25, 0.3) is 0 Å². The Labute approximate surface area is 123 Å².